The van der Waals surface area contributed by atoms with Crippen LogP contribution in [0.3, 0.4) is 0 Å². The SMILES string of the molecule is CN(C)C(=O)C1CNCCN1C(=O)c1cnsn1. The Bertz CT molecular complexity index is 433. The van der Waals surface area contributed by atoms with E-state index < -0.39 is 6.04 Å². The van der Waals surface area contributed by atoms with E-state index in [4.69, 9.17) is 0 Å². The zero-order chi connectivity index (χ0) is 13.1. The largest absolute Gasteiger partial charge is 0.347 e. The number of nitrogens with zero attached hydrogens (tertiary/aromatic N) is 4. The predicted octanol–water partition coefficient (Wildman–Crippen LogP) is -0.960. The maximum atomic E-state index is 12.2. The quantitative estimate of drug-likeness (QED) is 0.748. The molecule has 1 aromatic rings. The van der Waals surface area contributed by atoms with Crippen LogP contribution in [0.25, 0.3) is 0 Å². The standard InChI is InChI=1S/C10H15N5O2S/c1-14(2)10(17)8-6-11-3-4-15(8)9(16)7-5-12-18-13-7/h5,8,11H,3-4,6H2,1-2H3. The molecule has 1 N–H and O–H groups in total. The lowest BCUT2D eigenvalue weighted by molar-refractivity contribution is -0.134. The Balaban J connectivity index is 2.18. The minimum absolute atomic E-state index is 0.0845. The van der Waals surface area contributed by atoms with Crippen molar-refractivity contribution in [1.82, 2.24) is 23.9 Å². The van der Waals surface area contributed by atoms with Gasteiger partial charge >= 0.3 is 0 Å². The Morgan fingerprint density at radius 3 is 2.94 bits per heavy atom. The van der Waals surface area contributed by atoms with Gasteiger partial charge in [0.1, 0.15) is 6.04 Å². The number of hydrogen-bond donors (Lipinski definition) is 1. The monoisotopic (exact) mass is 269 g/mol. The molecule has 0 saturated carbocycles. The molecule has 0 radical (unpaired) electrons. The van der Waals surface area contributed by atoms with Gasteiger partial charge in [0.15, 0.2) is 5.69 Å². The summed E-state index contributed by atoms with van der Waals surface area (Å²) in [6, 6.07) is -0.469. The number of likely N-dealkylation sites (N-methyl/N-ethyl adjacent to an activating group) is 1. The summed E-state index contributed by atoms with van der Waals surface area (Å²) >= 11 is 0.989. The highest BCUT2D eigenvalue weighted by Crippen LogP contribution is 2.11. The third-order valence-electron chi connectivity index (χ3n) is 2.81. The molecule has 0 aliphatic carbocycles. The summed E-state index contributed by atoms with van der Waals surface area (Å²) in [5, 5.41) is 3.13. The van der Waals surface area contributed by atoms with Gasteiger partial charge in [-0.3, -0.25) is 9.59 Å². The second kappa shape index (κ2) is 5.40. The van der Waals surface area contributed by atoms with Gasteiger partial charge in [0.05, 0.1) is 17.9 Å². The zero-order valence-electron chi connectivity index (χ0n) is 10.3. The molecule has 1 saturated heterocycles. The van der Waals surface area contributed by atoms with Gasteiger partial charge in [-0.05, 0) is 0 Å². The fraction of sp³-hybridized carbons (Fsp3) is 0.600. The van der Waals surface area contributed by atoms with Gasteiger partial charge in [-0.25, -0.2) is 0 Å². The van der Waals surface area contributed by atoms with Gasteiger partial charge < -0.3 is 15.1 Å². The Morgan fingerprint density at radius 2 is 2.33 bits per heavy atom. The minimum atomic E-state index is -0.469. The van der Waals surface area contributed by atoms with Crippen molar-refractivity contribution < 1.29 is 9.59 Å². The Morgan fingerprint density at radius 1 is 1.56 bits per heavy atom. The first kappa shape index (κ1) is 12.9. The van der Waals surface area contributed by atoms with E-state index in [2.05, 4.69) is 14.1 Å². The van der Waals surface area contributed by atoms with Crippen molar-refractivity contribution in [1.29, 1.82) is 0 Å². The number of aromatic nitrogens is 2. The number of nitrogens with one attached hydrogen (secondary N) is 1. The molecule has 2 heterocycles. The van der Waals surface area contributed by atoms with Crippen molar-refractivity contribution in [2.45, 2.75) is 6.04 Å². The van der Waals surface area contributed by atoms with Crippen LogP contribution in [0.4, 0.5) is 0 Å². The van der Waals surface area contributed by atoms with Gasteiger partial charge in [0.2, 0.25) is 5.91 Å². The van der Waals surface area contributed by atoms with Gasteiger partial charge in [-0.2, -0.15) is 8.75 Å². The van der Waals surface area contributed by atoms with Crippen molar-refractivity contribution in [2.75, 3.05) is 33.7 Å². The molecular formula is C10H15N5O2S. The molecule has 7 nitrogen and oxygen atoms in total. The summed E-state index contributed by atoms with van der Waals surface area (Å²) in [5.41, 5.74) is 0.304. The molecule has 8 heteroatoms. The molecule has 2 rings (SSSR count). The molecule has 2 amide bonds. The van der Waals surface area contributed by atoms with Crippen molar-refractivity contribution in [3.05, 3.63) is 11.9 Å². The van der Waals surface area contributed by atoms with Crippen molar-refractivity contribution in [3.8, 4) is 0 Å². The van der Waals surface area contributed by atoms with Crippen molar-refractivity contribution >= 4 is 23.5 Å². The third kappa shape index (κ3) is 2.49. The fourth-order valence-electron chi connectivity index (χ4n) is 1.87. The molecule has 0 bridgehead atoms. The van der Waals surface area contributed by atoms with E-state index in [1.807, 2.05) is 0 Å². The van der Waals surface area contributed by atoms with E-state index in [1.165, 1.54) is 11.1 Å². The molecule has 98 valence electrons. The maximum Gasteiger partial charge on any atom is 0.276 e. The molecule has 1 aliphatic rings. The van der Waals surface area contributed by atoms with Crippen LogP contribution in [0.15, 0.2) is 6.20 Å². The van der Waals surface area contributed by atoms with Crippen molar-refractivity contribution in [3.63, 3.8) is 0 Å². The highest BCUT2D eigenvalue weighted by atomic mass is 32.1. The Kier molecular flexibility index (Phi) is 3.87. The lowest BCUT2D eigenvalue weighted by Gasteiger charge is -2.35. The number of amides is 2. The summed E-state index contributed by atoms with van der Waals surface area (Å²) in [6.07, 6.45) is 1.44. The minimum Gasteiger partial charge on any atom is -0.347 e. The van der Waals surface area contributed by atoms with Gasteiger partial charge in [-0.1, -0.05) is 0 Å². The first-order valence-electron chi connectivity index (χ1n) is 5.61. The normalized spacial score (nSPS) is 19.7. The average Bonchev–Trinajstić information content (AvgIpc) is 2.90. The fourth-order valence-corrected chi connectivity index (χ4v) is 2.28. The maximum absolute atomic E-state index is 12.2. The van der Waals surface area contributed by atoms with Crippen LogP contribution in [0.2, 0.25) is 0 Å². The summed E-state index contributed by atoms with van der Waals surface area (Å²) < 4.78 is 7.74. The van der Waals surface area contributed by atoms with Crippen LogP contribution in [-0.4, -0.2) is 70.1 Å². The van der Waals surface area contributed by atoms with E-state index in [1.54, 1.807) is 19.0 Å². The topological polar surface area (TPSA) is 78.4 Å². The van der Waals surface area contributed by atoms with E-state index >= 15 is 0 Å². The smallest absolute Gasteiger partial charge is 0.276 e. The lowest BCUT2D eigenvalue weighted by Crippen LogP contribution is -2.59. The number of carbonyl (C=O) groups excluding carboxylic acids is 2. The van der Waals surface area contributed by atoms with E-state index in [-0.39, 0.29) is 11.8 Å². The van der Waals surface area contributed by atoms with Crippen LogP contribution in [0, 0.1) is 0 Å². The molecule has 1 aromatic heterocycles. The summed E-state index contributed by atoms with van der Waals surface area (Å²) in [7, 11) is 3.37. The number of piperazine rings is 1. The molecule has 0 aromatic carbocycles. The summed E-state index contributed by atoms with van der Waals surface area (Å²) in [4.78, 5) is 27.3. The van der Waals surface area contributed by atoms with Crippen molar-refractivity contribution in [2.24, 2.45) is 0 Å². The first-order valence-corrected chi connectivity index (χ1v) is 6.34. The number of hydrogen-bond acceptors (Lipinski definition) is 6. The number of rotatable bonds is 2. The molecule has 18 heavy (non-hydrogen) atoms. The lowest BCUT2D eigenvalue weighted by atomic mass is 10.1. The highest BCUT2D eigenvalue weighted by Gasteiger charge is 2.34. The van der Waals surface area contributed by atoms with Crippen LogP contribution in [0.5, 0.6) is 0 Å². The second-order valence-electron chi connectivity index (χ2n) is 4.24. The Labute approximate surface area is 109 Å². The molecule has 1 fully saturated rings. The molecule has 1 unspecified atom stereocenters. The van der Waals surface area contributed by atoms with Gasteiger partial charge in [0, 0.05) is 33.7 Å². The highest BCUT2D eigenvalue weighted by molar-refractivity contribution is 6.99. The van der Waals surface area contributed by atoms with E-state index in [0.717, 1.165) is 11.7 Å². The van der Waals surface area contributed by atoms with Crippen LogP contribution in [-0.2, 0) is 4.79 Å². The van der Waals surface area contributed by atoms with E-state index in [9.17, 15) is 9.59 Å². The van der Waals surface area contributed by atoms with E-state index in [0.29, 0.717) is 25.3 Å². The van der Waals surface area contributed by atoms with Crippen LogP contribution >= 0.6 is 11.7 Å². The van der Waals surface area contributed by atoms with Crippen LogP contribution < -0.4 is 5.32 Å². The Hall–Kier alpha value is -1.54. The third-order valence-corrected chi connectivity index (χ3v) is 3.29. The molecular weight excluding hydrogens is 254 g/mol. The van der Waals surface area contributed by atoms with Gasteiger partial charge in [-0.15, -0.1) is 0 Å². The first-order chi connectivity index (χ1) is 8.61. The second-order valence-corrected chi connectivity index (χ2v) is 4.80. The van der Waals surface area contributed by atoms with Crippen LogP contribution in [0.1, 0.15) is 10.5 Å². The van der Waals surface area contributed by atoms with Gasteiger partial charge in [0.25, 0.3) is 5.91 Å². The summed E-state index contributed by atoms with van der Waals surface area (Å²) in [5.74, 6) is -0.316. The molecule has 1 atom stereocenters. The zero-order valence-corrected chi connectivity index (χ0v) is 11.1. The predicted molar refractivity (Wildman–Crippen MR) is 66.3 cm³/mol. The molecule has 0 spiro atoms. The molecule has 1 aliphatic heterocycles. The number of carbonyl (C=O) groups is 2. The average molecular weight is 269 g/mol. The summed E-state index contributed by atoms with van der Waals surface area (Å²) in [6.45, 7) is 1.65.